The average molecular weight is 250 g/mol. The molecule has 0 unspecified atom stereocenters. The first kappa shape index (κ1) is 13.3. The van der Waals surface area contributed by atoms with E-state index in [4.69, 9.17) is 10.8 Å². The molecule has 0 amide bonds. The quantitative estimate of drug-likeness (QED) is 0.790. The highest BCUT2D eigenvalue weighted by atomic mass is 16.3. The van der Waals surface area contributed by atoms with Gasteiger partial charge >= 0.3 is 0 Å². The molecule has 100 valence electrons. The molecule has 2 heterocycles. The molecule has 5 heteroatoms. The Kier molecular flexibility index (Phi) is 4.92. The van der Waals surface area contributed by atoms with Crippen molar-refractivity contribution in [3.63, 3.8) is 0 Å². The topological polar surface area (TPSA) is 65.6 Å². The molecule has 0 aliphatic carbocycles. The zero-order valence-electron chi connectivity index (χ0n) is 10.8. The molecule has 0 bridgehead atoms. The summed E-state index contributed by atoms with van der Waals surface area (Å²) in [7, 11) is 0. The van der Waals surface area contributed by atoms with E-state index >= 15 is 0 Å². The zero-order chi connectivity index (χ0) is 12.8. The van der Waals surface area contributed by atoms with Gasteiger partial charge in [0.05, 0.1) is 12.3 Å². The molecule has 3 N–H and O–H groups in total. The number of pyridine rings is 1. The van der Waals surface area contributed by atoms with Gasteiger partial charge in [0.2, 0.25) is 0 Å². The lowest BCUT2D eigenvalue weighted by atomic mass is 10.2. The third-order valence-electron chi connectivity index (χ3n) is 3.38. The van der Waals surface area contributed by atoms with E-state index in [1.54, 1.807) is 0 Å². The van der Waals surface area contributed by atoms with E-state index in [2.05, 4.69) is 20.9 Å². The van der Waals surface area contributed by atoms with Gasteiger partial charge in [-0.05, 0) is 25.1 Å². The predicted octanol–water partition coefficient (Wildman–Crippen LogP) is 0.0447. The molecule has 1 aliphatic rings. The van der Waals surface area contributed by atoms with Crippen LogP contribution in [0, 0.1) is 0 Å². The summed E-state index contributed by atoms with van der Waals surface area (Å²) in [4.78, 5) is 8.91. The fraction of sp³-hybridized carbons (Fsp3) is 0.615. The minimum Gasteiger partial charge on any atom is -0.395 e. The Morgan fingerprint density at radius 1 is 1.28 bits per heavy atom. The van der Waals surface area contributed by atoms with E-state index in [0.29, 0.717) is 6.54 Å². The number of aliphatic hydroxyl groups is 1. The number of rotatable bonds is 4. The zero-order valence-corrected chi connectivity index (χ0v) is 10.8. The Hall–Kier alpha value is -1.17. The number of hydrogen-bond donors (Lipinski definition) is 2. The Balaban J connectivity index is 2.00. The molecule has 0 saturated carbocycles. The minimum absolute atomic E-state index is 0.243. The van der Waals surface area contributed by atoms with Crippen LogP contribution in [0.4, 0.5) is 5.69 Å². The van der Waals surface area contributed by atoms with Crippen LogP contribution >= 0.6 is 0 Å². The van der Waals surface area contributed by atoms with Gasteiger partial charge in [-0.3, -0.25) is 9.88 Å². The Morgan fingerprint density at radius 2 is 2.17 bits per heavy atom. The average Bonchev–Trinajstić information content (AvgIpc) is 2.65. The highest BCUT2D eigenvalue weighted by Gasteiger charge is 2.14. The number of nitrogens with two attached hydrogens (primary N) is 1. The molecule has 1 aliphatic heterocycles. The third kappa shape index (κ3) is 3.41. The van der Waals surface area contributed by atoms with Crippen LogP contribution in [-0.4, -0.2) is 54.3 Å². The summed E-state index contributed by atoms with van der Waals surface area (Å²) < 4.78 is 0. The van der Waals surface area contributed by atoms with E-state index in [1.165, 1.54) is 5.69 Å². The number of hydrogen-bond acceptors (Lipinski definition) is 5. The van der Waals surface area contributed by atoms with Crippen molar-refractivity contribution in [3.05, 3.63) is 24.0 Å². The molecule has 18 heavy (non-hydrogen) atoms. The molecule has 0 atom stereocenters. The van der Waals surface area contributed by atoms with Gasteiger partial charge in [0.25, 0.3) is 0 Å². The van der Waals surface area contributed by atoms with Crippen LogP contribution in [0.1, 0.15) is 12.1 Å². The fourth-order valence-electron chi connectivity index (χ4n) is 2.37. The second kappa shape index (κ2) is 6.68. The first-order chi connectivity index (χ1) is 8.83. The normalized spacial score (nSPS) is 17.8. The maximum Gasteiger partial charge on any atom is 0.0560 e. The van der Waals surface area contributed by atoms with Crippen LogP contribution in [0.15, 0.2) is 18.3 Å². The number of nitrogens with zero attached hydrogens (tertiary/aromatic N) is 3. The van der Waals surface area contributed by atoms with Crippen molar-refractivity contribution in [2.75, 3.05) is 44.2 Å². The smallest absolute Gasteiger partial charge is 0.0560 e. The van der Waals surface area contributed by atoms with E-state index < -0.39 is 0 Å². The van der Waals surface area contributed by atoms with Crippen molar-refractivity contribution in [1.29, 1.82) is 0 Å². The van der Waals surface area contributed by atoms with E-state index in [9.17, 15) is 0 Å². The van der Waals surface area contributed by atoms with Gasteiger partial charge in [0.15, 0.2) is 0 Å². The van der Waals surface area contributed by atoms with Gasteiger partial charge in [-0.2, -0.15) is 0 Å². The summed E-state index contributed by atoms with van der Waals surface area (Å²) in [6, 6.07) is 4.11. The monoisotopic (exact) mass is 250 g/mol. The van der Waals surface area contributed by atoms with Crippen molar-refractivity contribution < 1.29 is 5.11 Å². The summed E-state index contributed by atoms with van der Waals surface area (Å²) in [6.07, 6.45) is 2.95. The molecule has 0 aromatic carbocycles. The molecular formula is C13H22N4O. The Morgan fingerprint density at radius 3 is 2.94 bits per heavy atom. The number of aliphatic hydroxyl groups excluding tert-OH is 1. The van der Waals surface area contributed by atoms with Crippen LogP contribution in [-0.2, 0) is 6.54 Å². The maximum atomic E-state index is 8.98. The predicted molar refractivity (Wildman–Crippen MR) is 72.5 cm³/mol. The second-order valence-electron chi connectivity index (χ2n) is 4.62. The van der Waals surface area contributed by atoms with Crippen molar-refractivity contribution in [2.24, 2.45) is 5.73 Å². The van der Waals surface area contributed by atoms with Crippen molar-refractivity contribution in [2.45, 2.75) is 13.0 Å². The maximum absolute atomic E-state index is 8.98. The standard InChI is InChI=1S/C13H22N4O/c14-11-12-10-13(2-3-15-12)17-5-1-4-16(6-7-17)8-9-18/h2-3,10,18H,1,4-9,11,14H2. The summed E-state index contributed by atoms with van der Waals surface area (Å²) in [5, 5.41) is 8.98. The summed E-state index contributed by atoms with van der Waals surface area (Å²) >= 11 is 0. The molecule has 1 saturated heterocycles. The molecule has 2 rings (SSSR count). The lowest BCUT2D eigenvalue weighted by Gasteiger charge is -2.23. The highest BCUT2D eigenvalue weighted by molar-refractivity contribution is 5.46. The van der Waals surface area contributed by atoms with E-state index in [-0.39, 0.29) is 6.61 Å². The molecule has 1 aromatic heterocycles. The lowest BCUT2D eigenvalue weighted by molar-refractivity contribution is 0.204. The van der Waals surface area contributed by atoms with E-state index in [0.717, 1.165) is 44.8 Å². The minimum atomic E-state index is 0.243. The van der Waals surface area contributed by atoms with Crippen LogP contribution in [0.25, 0.3) is 0 Å². The number of β-amino-alcohol motifs (C(OH)–C–C–N with tert-alkyl or cyclic N) is 1. The molecule has 1 aromatic rings. The third-order valence-corrected chi connectivity index (χ3v) is 3.38. The highest BCUT2D eigenvalue weighted by Crippen LogP contribution is 2.16. The van der Waals surface area contributed by atoms with Gasteiger partial charge in [0, 0.05) is 44.6 Å². The molecule has 0 spiro atoms. The SMILES string of the molecule is NCc1cc(N2CCCN(CCO)CC2)ccn1. The van der Waals surface area contributed by atoms with Gasteiger partial charge in [-0.25, -0.2) is 0 Å². The first-order valence-corrected chi connectivity index (χ1v) is 6.56. The van der Waals surface area contributed by atoms with Crippen LogP contribution in [0.2, 0.25) is 0 Å². The van der Waals surface area contributed by atoms with Gasteiger partial charge < -0.3 is 15.7 Å². The fourth-order valence-corrected chi connectivity index (χ4v) is 2.37. The van der Waals surface area contributed by atoms with Gasteiger partial charge in [-0.1, -0.05) is 0 Å². The van der Waals surface area contributed by atoms with E-state index in [1.807, 2.05) is 12.3 Å². The summed E-state index contributed by atoms with van der Waals surface area (Å²) in [5.41, 5.74) is 7.76. The molecular weight excluding hydrogens is 228 g/mol. The lowest BCUT2D eigenvalue weighted by Crippen LogP contribution is -2.32. The number of aromatic nitrogens is 1. The first-order valence-electron chi connectivity index (χ1n) is 6.56. The van der Waals surface area contributed by atoms with Crippen LogP contribution in [0.3, 0.4) is 0 Å². The Labute approximate surface area is 108 Å². The van der Waals surface area contributed by atoms with Gasteiger partial charge in [-0.15, -0.1) is 0 Å². The molecule has 5 nitrogen and oxygen atoms in total. The largest absolute Gasteiger partial charge is 0.395 e. The number of anilines is 1. The van der Waals surface area contributed by atoms with Crippen molar-refractivity contribution >= 4 is 5.69 Å². The van der Waals surface area contributed by atoms with Crippen LogP contribution < -0.4 is 10.6 Å². The second-order valence-corrected chi connectivity index (χ2v) is 4.62. The Bertz CT molecular complexity index is 372. The summed E-state index contributed by atoms with van der Waals surface area (Å²) in [6.45, 7) is 5.61. The van der Waals surface area contributed by atoms with Gasteiger partial charge in [0.1, 0.15) is 0 Å². The molecule has 0 radical (unpaired) electrons. The molecule has 1 fully saturated rings. The van der Waals surface area contributed by atoms with Crippen molar-refractivity contribution in [3.8, 4) is 0 Å². The van der Waals surface area contributed by atoms with Crippen molar-refractivity contribution in [1.82, 2.24) is 9.88 Å². The van der Waals surface area contributed by atoms with Crippen LogP contribution in [0.5, 0.6) is 0 Å². The summed E-state index contributed by atoms with van der Waals surface area (Å²) in [5.74, 6) is 0.